The normalized spacial score (nSPS) is 21.4. The molecule has 2 aromatic rings. The van der Waals surface area contributed by atoms with Crippen LogP contribution >= 0.6 is 0 Å². The Hall–Kier alpha value is -1.50. The second kappa shape index (κ2) is 10.4. The van der Waals surface area contributed by atoms with Crippen LogP contribution in [0.5, 0.6) is 0 Å². The van der Waals surface area contributed by atoms with Crippen LogP contribution in [0, 0.1) is 0 Å². The van der Waals surface area contributed by atoms with E-state index in [1.165, 1.54) is 11.1 Å². The fourth-order valence-electron chi connectivity index (χ4n) is 3.80. The predicted molar refractivity (Wildman–Crippen MR) is 129 cm³/mol. The molecule has 1 saturated heterocycles. The number of ether oxygens (including phenoxy) is 1. The average molecular weight is 442 g/mol. The Balaban J connectivity index is 1.87. The zero-order chi connectivity index (χ0) is 22.5. The lowest BCUT2D eigenvalue weighted by Crippen LogP contribution is -2.44. The van der Waals surface area contributed by atoms with Crippen molar-refractivity contribution in [3.05, 3.63) is 71.8 Å². The first-order valence-electron chi connectivity index (χ1n) is 11.5. The molecular formula is C26H39NO3Si. The molecule has 2 aromatic carbocycles. The zero-order valence-electron chi connectivity index (χ0n) is 20.0. The first kappa shape index (κ1) is 24.1. The molecule has 0 saturated carbocycles. The van der Waals surface area contributed by atoms with E-state index in [4.69, 9.17) is 14.0 Å². The van der Waals surface area contributed by atoms with Gasteiger partial charge in [-0.2, -0.15) is 5.06 Å². The van der Waals surface area contributed by atoms with Gasteiger partial charge in [0, 0.05) is 38.1 Å². The highest BCUT2D eigenvalue weighted by Gasteiger charge is 2.42. The third kappa shape index (κ3) is 6.27. The lowest BCUT2D eigenvalue weighted by molar-refractivity contribution is -0.244. The molecule has 170 valence electrons. The van der Waals surface area contributed by atoms with Crippen molar-refractivity contribution in [1.29, 1.82) is 0 Å². The summed E-state index contributed by atoms with van der Waals surface area (Å²) in [5.41, 5.74) is 2.53. The molecule has 5 heteroatoms. The summed E-state index contributed by atoms with van der Waals surface area (Å²) in [7, 11) is -1.87. The quantitative estimate of drug-likeness (QED) is 0.424. The van der Waals surface area contributed by atoms with Gasteiger partial charge in [0.05, 0.1) is 0 Å². The predicted octanol–water partition coefficient (Wildman–Crippen LogP) is 6.36. The molecule has 0 aliphatic carbocycles. The van der Waals surface area contributed by atoms with E-state index in [0.717, 1.165) is 13.0 Å². The van der Waals surface area contributed by atoms with E-state index < -0.39 is 8.32 Å². The number of rotatable bonds is 9. The molecule has 0 aromatic heterocycles. The Labute approximate surface area is 189 Å². The lowest BCUT2D eigenvalue weighted by atomic mass is 9.90. The van der Waals surface area contributed by atoms with E-state index >= 15 is 0 Å². The summed E-state index contributed by atoms with van der Waals surface area (Å²) in [6.07, 6.45) is 0.624. The summed E-state index contributed by atoms with van der Waals surface area (Å²) >= 11 is 0. The van der Waals surface area contributed by atoms with Crippen molar-refractivity contribution in [3.8, 4) is 0 Å². The molecule has 4 nitrogen and oxygen atoms in total. The van der Waals surface area contributed by atoms with Gasteiger partial charge in [-0.15, -0.1) is 0 Å². The third-order valence-corrected chi connectivity index (χ3v) is 11.2. The van der Waals surface area contributed by atoms with Crippen LogP contribution in [0.1, 0.15) is 51.2 Å². The van der Waals surface area contributed by atoms with Crippen LogP contribution in [0.25, 0.3) is 0 Å². The van der Waals surface area contributed by atoms with Gasteiger partial charge in [-0.25, -0.2) is 0 Å². The van der Waals surface area contributed by atoms with E-state index in [1.807, 2.05) is 6.92 Å². The second-order valence-corrected chi connectivity index (χ2v) is 14.8. The highest BCUT2D eigenvalue weighted by Crippen LogP contribution is 2.40. The van der Waals surface area contributed by atoms with Gasteiger partial charge in [-0.05, 0) is 36.2 Å². The summed E-state index contributed by atoms with van der Waals surface area (Å²) < 4.78 is 12.6. The lowest BCUT2D eigenvalue weighted by Gasteiger charge is -2.39. The maximum Gasteiger partial charge on any atom is 0.192 e. The molecule has 0 radical (unpaired) electrons. The van der Waals surface area contributed by atoms with Crippen LogP contribution in [0.3, 0.4) is 0 Å². The van der Waals surface area contributed by atoms with Gasteiger partial charge in [0.2, 0.25) is 0 Å². The minimum absolute atomic E-state index is 0.179. The highest BCUT2D eigenvalue weighted by molar-refractivity contribution is 6.74. The molecule has 1 aliphatic rings. The molecule has 3 unspecified atom stereocenters. The summed E-state index contributed by atoms with van der Waals surface area (Å²) in [5, 5.41) is 2.31. The Morgan fingerprint density at radius 1 is 1.03 bits per heavy atom. The van der Waals surface area contributed by atoms with Crippen molar-refractivity contribution in [1.82, 2.24) is 5.06 Å². The van der Waals surface area contributed by atoms with Gasteiger partial charge in [0.15, 0.2) is 14.6 Å². The van der Waals surface area contributed by atoms with Gasteiger partial charge in [0.25, 0.3) is 0 Å². The van der Waals surface area contributed by atoms with Crippen molar-refractivity contribution in [2.24, 2.45) is 0 Å². The molecule has 0 N–H and O–H groups in total. The van der Waals surface area contributed by atoms with E-state index in [2.05, 4.69) is 99.6 Å². The number of hydroxylamine groups is 2. The molecule has 0 spiro atoms. The zero-order valence-corrected chi connectivity index (χ0v) is 21.0. The Morgan fingerprint density at radius 3 is 2.23 bits per heavy atom. The van der Waals surface area contributed by atoms with Gasteiger partial charge >= 0.3 is 0 Å². The Morgan fingerprint density at radius 2 is 1.65 bits per heavy atom. The topological polar surface area (TPSA) is 30.9 Å². The second-order valence-electron chi connectivity index (χ2n) is 9.94. The number of hydrogen-bond donors (Lipinski definition) is 0. The summed E-state index contributed by atoms with van der Waals surface area (Å²) in [6.45, 7) is 15.6. The van der Waals surface area contributed by atoms with Crippen LogP contribution < -0.4 is 0 Å². The van der Waals surface area contributed by atoms with Gasteiger partial charge in [-0.1, -0.05) is 81.4 Å². The maximum atomic E-state index is 6.73. The molecule has 3 atom stereocenters. The summed E-state index contributed by atoms with van der Waals surface area (Å²) in [5.74, 6) is 0.212. The van der Waals surface area contributed by atoms with Gasteiger partial charge < -0.3 is 9.16 Å². The van der Waals surface area contributed by atoms with Crippen LogP contribution in [0.4, 0.5) is 0 Å². The minimum Gasteiger partial charge on any atom is -0.416 e. The molecule has 1 heterocycles. The first-order chi connectivity index (χ1) is 14.7. The molecule has 1 fully saturated rings. The Kier molecular flexibility index (Phi) is 8.11. The van der Waals surface area contributed by atoms with Crippen molar-refractivity contribution in [2.45, 2.75) is 77.0 Å². The van der Waals surface area contributed by atoms with Crippen molar-refractivity contribution < 1.29 is 14.0 Å². The van der Waals surface area contributed by atoms with E-state index in [-0.39, 0.29) is 23.3 Å². The largest absolute Gasteiger partial charge is 0.416 e. The van der Waals surface area contributed by atoms with E-state index in [0.29, 0.717) is 13.2 Å². The molecule has 31 heavy (non-hydrogen) atoms. The Bertz CT molecular complexity index is 791. The first-order valence-corrected chi connectivity index (χ1v) is 14.4. The third-order valence-electron chi connectivity index (χ3n) is 6.71. The van der Waals surface area contributed by atoms with Crippen molar-refractivity contribution >= 4 is 8.32 Å². The molecular weight excluding hydrogens is 402 g/mol. The van der Waals surface area contributed by atoms with Crippen LogP contribution in [0.15, 0.2) is 60.7 Å². The van der Waals surface area contributed by atoms with Crippen LogP contribution in [-0.2, 0) is 20.5 Å². The van der Waals surface area contributed by atoms with Gasteiger partial charge in [-0.3, -0.25) is 4.84 Å². The standard InChI is InChI=1S/C26H39NO3Si/c1-7-28-25-18-24(27(30-25)19-21-14-10-8-11-15-21)23(22-16-12-9-13-17-22)20-29-31(5,6)26(2,3)4/h8-17,23-25H,7,18-20H2,1-6H3. The summed E-state index contributed by atoms with van der Waals surface area (Å²) in [6, 6.07) is 21.4. The van der Waals surface area contributed by atoms with E-state index in [1.54, 1.807) is 0 Å². The minimum atomic E-state index is -1.87. The average Bonchev–Trinajstić information content (AvgIpc) is 3.11. The van der Waals surface area contributed by atoms with Gasteiger partial charge in [0.1, 0.15) is 0 Å². The van der Waals surface area contributed by atoms with Crippen molar-refractivity contribution in [2.75, 3.05) is 13.2 Å². The molecule has 0 bridgehead atoms. The maximum absolute atomic E-state index is 6.73. The molecule has 0 amide bonds. The summed E-state index contributed by atoms with van der Waals surface area (Å²) in [4.78, 5) is 6.29. The molecule has 3 rings (SSSR count). The number of hydrogen-bond acceptors (Lipinski definition) is 4. The van der Waals surface area contributed by atoms with Crippen LogP contribution in [-0.4, -0.2) is 38.9 Å². The fraction of sp³-hybridized carbons (Fsp3) is 0.538. The molecule has 1 aliphatic heterocycles. The smallest absolute Gasteiger partial charge is 0.192 e. The SMILES string of the molecule is CCOC1CC(C(CO[Si](C)(C)C(C)(C)C)c2ccccc2)N(Cc2ccccc2)O1. The highest BCUT2D eigenvalue weighted by atomic mass is 28.4. The monoisotopic (exact) mass is 441 g/mol. The van der Waals surface area contributed by atoms with Crippen LogP contribution in [0.2, 0.25) is 18.1 Å². The fourth-order valence-corrected chi connectivity index (χ4v) is 4.83. The number of nitrogens with zero attached hydrogens (tertiary/aromatic N) is 1. The number of benzene rings is 2. The van der Waals surface area contributed by atoms with E-state index in [9.17, 15) is 0 Å². The van der Waals surface area contributed by atoms with Crippen molar-refractivity contribution in [3.63, 3.8) is 0 Å².